The number of hydrogen-bond acceptors (Lipinski definition) is 5. The molecule has 0 aliphatic rings. The van der Waals surface area contributed by atoms with Crippen molar-refractivity contribution >= 4 is 15.7 Å². The van der Waals surface area contributed by atoms with Crippen LogP contribution in [0.15, 0.2) is 17.0 Å². The molecular formula is C11H16N2O5S. The fourth-order valence-electron chi connectivity index (χ4n) is 1.51. The number of benzene rings is 1. The molecule has 0 aliphatic heterocycles. The molecule has 0 saturated heterocycles. The third-order valence-electron chi connectivity index (χ3n) is 2.72. The molecule has 0 bridgehead atoms. The Kier molecular flexibility index (Phi) is 4.98. The SMILES string of the molecule is COCCNS(=O)(=O)c1cc(C)c(C)c([N+](=O)[O-])c1. The maximum Gasteiger partial charge on any atom is 0.273 e. The molecule has 0 fully saturated rings. The van der Waals surface area contributed by atoms with E-state index in [1.807, 2.05) is 0 Å². The number of nitrogens with one attached hydrogen (secondary N) is 1. The summed E-state index contributed by atoms with van der Waals surface area (Å²) in [6.07, 6.45) is 0. The average Bonchev–Trinajstić information content (AvgIpc) is 2.32. The summed E-state index contributed by atoms with van der Waals surface area (Å²) in [6, 6.07) is 2.48. The number of nitrogens with zero attached hydrogens (tertiary/aromatic N) is 1. The zero-order chi connectivity index (χ0) is 14.6. The first-order valence-corrected chi connectivity index (χ1v) is 7.02. The second-order valence-corrected chi connectivity index (χ2v) is 5.80. The Morgan fingerprint density at radius 2 is 2.00 bits per heavy atom. The maximum absolute atomic E-state index is 12.0. The van der Waals surface area contributed by atoms with Crippen molar-refractivity contribution in [3.8, 4) is 0 Å². The number of nitro benzene ring substituents is 1. The van der Waals surface area contributed by atoms with E-state index in [-0.39, 0.29) is 23.7 Å². The minimum atomic E-state index is -3.76. The first-order valence-electron chi connectivity index (χ1n) is 5.54. The number of methoxy groups -OCH3 is 1. The van der Waals surface area contributed by atoms with Crippen molar-refractivity contribution in [2.75, 3.05) is 20.3 Å². The standard InChI is InChI=1S/C11H16N2O5S/c1-8-6-10(7-11(9(8)2)13(14)15)19(16,17)12-4-5-18-3/h6-7,12H,4-5H2,1-3H3. The van der Waals surface area contributed by atoms with Crippen LogP contribution in [-0.2, 0) is 14.8 Å². The van der Waals surface area contributed by atoms with E-state index in [0.29, 0.717) is 11.1 Å². The van der Waals surface area contributed by atoms with E-state index < -0.39 is 14.9 Å². The molecule has 8 heteroatoms. The summed E-state index contributed by atoms with van der Waals surface area (Å²) in [5, 5.41) is 10.9. The van der Waals surface area contributed by atoms with E-state index in [0.717, 1.165) is 6.07 Å². The van der Waals surface area contributed by atoms with Crippen molar-refractivity contribution in [1.82, 2.24) is 4.72 Å². The fourth-order valence-corrected chi connectivity index (χ4v) is 2.63. The summed E-state index contributed by atoms with van der Waals surface area (Å²) < 4.78 is 31.0. The van der Waals surface area contributed by atoms with Gasteiger partial charge >= 0.3 is 0 Å². The van der Waals surface area contributed by atoms with Gasteiger partial charge < -0.3 is 4.74 Å². The van der Waals surface area contributed by atoms with Gasteiger partial charge in [-0.3, -0.25) is 10.1 Å². The molecule has 1 N–H and O–H groups in total. The summed E-state index contributed by atoms with van der Waals surface area (Å²) >= 11 is 0. The third kappa shape index (κ3) is 3.72. The molecule has 19 heavy (non-hydrogen) atoms. The molecule has 0 aromatic heterocycles. The topological polar surface area (TPSA) is 98.5 Å². The third-order valence-corrected chi connectivity index (χ3v) is 4.16. The molecule has 1 rings (SSSR count). The lowest BCUT2D eigenvalue weighted by atomic mass is 10.1. The summed E-state index contributed by atoms with van der Waals surface area (Å²) in [4.78, 5) is 10.2. The van der Waals surface area contributed by atoms with Crippen molar-refractivity contribution in [2.45, 2.75) is 18.7 Å². The molecule has 1 aromatic carbocycles. The Morgan fingerprint density at radius 3 is 2.53 bits per heavy atom. The molecule has 1 aromatic rings. The van der Waals surface area contributed by atoms with Gasteiger partial charge in [0.2, 0.25) is 10.0 Å². The lowest BCUT2D eigenvalue weighted by molar-refractivity contribution is -0.385. The van der Waals surface area contributed by atoms with Crippen molar-refractivity contribution in [2.24, 2.45) is 0 Å². The predicted octanol–water partition coefficient (Wildman–Crippen LogP) is 1.14. The quantitative estimate of drug-likeness (QED) is 0.480. The summed E-state index contributed by atoms with van der Waals surface area (Å²) in [5.41, 5.74) is 0.814. The number of nitro groups is 1. The monoisotopic (exact) mass is 288 g/mol. The highest BCUT2D eigenvalue weighted by Crippen LogP contribution is 2.25. The Hall–Kier alpha value is -1.51. The highest BCUT2D eigenvalue weighted by Gasteiger charge is 2.21. The average molecular weight is 288 g/mol. The second kappa shape index (κ2) is 6.09. The zero-order valence-electron chi connectivity index (χ0n) is 11.0. The van der Waals surface area contributed by atoms with Crippen molar-refractivity contribution in [1.29, 1.82) is 0 Å². The van der Waals surface area contributed by atoms with E-state index in [2.05, 4.69) is 4.72 Å². The van der Waals surface area contributed by atoms with Crippen LogP contribution in [0, 0.1) is 24.0 Å². The molecule has 0 amide bonds. The first-order chi connectivity index (χ1) is 8.79. The number of hydrogen-bond donors (Lipinski definition) is 1. The van der Waals surface area contributed by atoms with Gasteiger partial charge in [0.25, 0.3) is 5.69 Å². The van der Waals surface area contributed by atoms with Crippen LogP contribution in [0.2, 0.25) is 0 Å². The van der Waals surface area contributed by atoms with E-state index >= 15 is 0 Å². The van der Waals surface area contributed by atoms with Gasteiger partial charge in [0.05, 0.1) is 16.4 Å². The Labute approximate surface area is 111 Å². The molecule has 7 nitrogen and oxygen atoms in total. The lowest BCUT2D eigenvalue weighted by Gasteiger charge is -2.09. The van der Waals surface area contributed by atoms with Crippen molar-refractivity contribution in [3.63, 3.8) is 0 Å². The van der Waals surface area contributed by atoms with Crippen LogP contribution >= 0.6 is 0 Å². The van der Waals surface area contributed by atoms with Gasteiger partial charge in [-0.25, -0.2) is 13.1 Å². The van der Waals surface area contributed by atoms with Crippen LogP contribution in [0.1, 0.15) is 11.1 Å². The molecule has 0 heterocycles. The Balaban J connectivity index is 3.17. The van der Waals surface area contributed by atoms with Gasteiger partial charge in [-0.2, -0.15) is 0 Å². The summed E-state index contributed by atoms with van der Waals surface area (Å²) in [5.74, 6) is 0. The van der Waals surface area contributed by atoms with Gasteiger partial charge in [0.1, 0.15) is 0 Å². The summed E-state index contributed by atoms with van der Waals surface area (Å²) in [7, 11) is -2.31. The van der Waals surface area contributed by atoms with Crippen LogP contribution in [0.4, 0.5) is 5.69 Å². The summed E-state index contributed by atoms with van der Waals surface area (Å²) in [6.45, 7) is 3.56. The minimum absolute atomic E-state index is 0.111. The molecular weight excluding hydrogens is 272 g/mol. The van der Waals surface area contributed by atoms with Crippen LogP contribution < -0.4 is 4.72 Å². The Morgan fingerprint density at radius 1 is 1.37 bits per heavy atom. The molecule has 0 saturated carbocycles. The molecule has 106 valence electrons. The number of aryl methyl sites for hydroxylation is 1. The van der Waals surface area contributed by atoms with Gasteiger partial charge in [-0.15, -0.1) is 0 Å². The molecule has 0 aliphatic carbocycles. The number of rotatable bonds is 6. The largest absolute Gasteiger partial charge is 0.383 e. The van der Waals surface area contributed by atoms with E-state index in [4.69, 9.17) is 4.74 Å². The van der Waals surface area contributed by atoms with Crippen LogP contribution in [0.5, 0.6) is 0 Å². The van der Waals surface area contributed by atoms with Crippen LogP contribution in [0.3, 0.4) is 0 Å². The normalized spacial score (nSPS) is 11.5. The van der Waals surface area contributed by atoms with E-state index in [1.54, 1.807) is 13.8 Å². The van der Waals surface area contributed by atoms with Crippen LogP contribution in [-0.4, -0.2) is 33.6 Å². The predicted molar refractivity (Wildman–Crippen MR) is 69.6 cm³/mol. The number of sulfonamides is 1. The van der Waals surface area contributed by atoms with Crippen LogP contribution in [0.25, 0.3) is 0 Å². The molecule has 0 unspecified atom stereocenters. The van der Waals surface area contributed by atoms with E-state index in [1.165, 1.54) is 13.2 Å². The Bertz CT molecular complexity index is 583. The fraction of sp³-hybridized carbons (Fsp3) is 0.455. The van der Waals surface area contributed by atoms with Gasteiger partial charge in [0.15, 0.2) is 0 Å². The zero-order valence-corrected chi connectivity index (χ0v) is 11.8. The van der Waals surface area contributed by atoms with Gasteiger partial charge in [0, 0.05) is 25.3 Å². The highest BCUT2D eigenvalue weighted by molar-refractivity contribution is 7.89. The molecule has 0 spiro atoms. The molecule has 0 atom stereocenters. The van der Waals surface area contributed by atoms with E-state index in [9.17, 15) is 18.5 Å². The maximum atomic E-state index is 12.0. The van der Waals surface area contributed by atoms with Gasteiger partial charge in [-0.05, 0) is 25.5 Å². The second-order valence-electron chi connectivity index (χ2n) is 4.03. The van der Waals surface area contributed by atoms with Crippen molar-refractivity contribution < 1.29 is 18.1 Å². The smallest absolute Gasteiger partial charge is 0.273 e. The number of ether oxygens (including phenoxy) is 1. The lowest BCUT2D eigenvalue weighted by Crippen LogP contribution is -2.27. The highest BCUT2D eigenvalue weighted by atomic mass is 32.2. The molecule has 0 radical (unpaired) electrons. The van der Waals surface area contributed by atoms with Gasteiger partial charge in [-0.1, -0.05) is 0 Å². The van der Waals surface area contributed by atoms with Crippen molar-refractivity contribution in [3.05, 3.63) is 33.4 Å². The first kappa shape index (κ1) is 15.5. The minimum Gasteiger partial charge on any atom is -0.383 e.